The molecule has 0 bridgehead atoms. The summed E-state index contributed by atoms with van der Waals surface area (Å²) in [7, 11) is 0. The number of esters is 1. The molecule has 1 amide bonds. The molecule has 3 rings (SSSR count). The number of carbonyl (C=O) groups is 2. The molecule has 0 atom stereocenters. The van der Waals surface area contributed by atoms with Crippen LogP contribution in [0.15, 0.2) is 47.1 Å². The highest BCUT2D eigenvalue weighted by Crippen LogP contribution is 2.26. The number of nitrogens with zero attached hydrogens (tertiary/aromatic N) is 1. The standard InChI is InChI=1S/C21H24N2O5/c1-2-11-28-21(25)18-15-16(5-7-19(18)23-9-13-26-14-10-23)22-20(24)8-6-17-4-3-12-27-17/h3-8,12,15H,2,9-11,13-14H2,1H3,(H,22,24). The molecule has 0 radical (unpaired) electrons. The molecule has 28 heavy (non-hydrogen) atoms. The molecule has 2 aromatic rings. The van der Waals surface area contributed by atoms with Crippen molar-refractivity contribution in [3.8, 4) is 0 Å². The second-order valence-electron chi connectivity index (χ2n) is 6.31. The minimum absolute atomic E-state index is 0.316. The van der Waals surface area contributed by atoms with Gasteiger partial charge in [0.15, 0.2) is 0 Å². The molecule has 1 aliphatic rings. The first-order valence-electron chi connectivity index (χ1n) is 9.34. The summed E-state index contributed by atoms with van der Waals surface area (Å²) in [5.74, 6) is -0.129. The lowest BCUT2D eigenvalue weighted by Gasteiger charge is -2.30. The van der Waals surface area contributed by atoms with Gasteiger partial charge in [-0.25, -0.2) is 4.79 Å². The lowest BCUT2D eigenvalue weighted by molar-refractivity contribution is -0.111. The molecule has 1 aromatic carbocycles. The average Bonchev–Trinajstić information content (AvgIpc) is 3.25. The average molecular weight is 384 g/mol. The van der Waals surface area contributed by atoms with E-state index in [4.69, 9.17) is 13.9 Å². The van der Waals surface area contributed by atoms with Gasteiger partial charge in [-0.05, 0) is 42.8 Å². The van der Waals surface area contributed by atoms with Crippen molar-refractivity contribution < 1.29 is 23.5 Å². The zero-order valence-electron chi connectivity index (χ0n) is 15.8. The molecule has 0 spiro atoms. The Morgan fingerprint density at radius 3 is 2.79 bits per heavy atom. The molecule has 0 saturated carbocycles. The summed E-state index contributed by atoms with van der Waals surface area (Å²) in [6, 6.07) is 8.76. The van der Waals surface area contributed by atoms with Crippen molar-refractivity contribution in [2.75, 3.05) is 43.1 Å². The number of hydrogen-bond acceptors (Lipinski definition) is 6. The Hall–Kier alpha value is -3.06. The van der Waals surface area contributed by atoms with E-state index in [-0.39, 0.29) is 5.91 Å². The third-order valence-corrected chi connectivity index (χ3v) is 4.22. The molecule has 1 aromatic heterocycles. The Morgan fingerprint density at radius 2 is 2.07 bits per heavy atom. The van der Waals surface area contributed by atoms with Gasteiger partial charge >= 0.3 is 5.97 Å². The van der Waals surface area contributed by atoms with Gasteiger partial charge in [-0.1, -0.05) is 6.92 Å². The molecular weight excluding hydrogens is 360 g/mol. The third-order valence-electron chi connectivity index (χ3n) is 4.22. The van der Waals surface area contributed by atoms with Crippen LogP contribution in [0.1, 0.15) is 29.5 Å². The van der Waals surface area contributed by atoms with E-state index < -0.39 is 5.97 Å². The van der Waals surface area contributed by atoms with Crippen molar-refractivity contribution in [2.24, 2.45) is 0 Å². The summed E-state index contributed by atoms with van der Waals surface area (Å²) < 4.78 is 15.9. The molecule has 2 heterocycles. The fourth-order valence-corrected chi connectivity index (χ4v) is 2.86. The first kappa shape index (κ1) is 19.7. The van der Waals surface area contributed by atoms with Crippen molar-refractivity contribution in [1.29, 1.82) is 0 Å². The molecule has 7 nitrogen and oxygen atoms in total. The second kappa shape index (κ2) is 9.75. The van der Waals surface area contributed by atoms with Gasteiger partial charge in [0.2, 0.25) is 5.91 Å². The Morgan fingerprint density at radius 1 is 1.25 bits per heavy atom. The number of morpholine rings is 1. The number of anilines is 2. The van der Waals surface area contributed by atoms with Gasteiger partial charge in [-0.2, -0.15) is 0 Å². The zero-order chi connectivity index (χ0) is 19.8. The Labute approximate surface area is 163 Å². The quantitative estimate of drug-likeness (QED) is 0.583. The fourth-order valence-electron chi connectivity index (χ4n) is 2.86. The normalized spacial score (nSPS) is 14.2. The molecule has 0 unspecified atom stereocenters. The molecule has 1 aliphatic heterocycles. The molecule has 1 fully saturated rings. The van der Waals surface area contributed by atoms with Crippen LogP contribution >= 0.6 is 0 Å². The largest absolute Gasteiger partial charge is 0.465 e. The van der Waals surface area contributed by atoms with Crippen molar-refractivity contribution in [2.45, 2.75) is 13.3 Å². The highest BCUT2D eigenvalue weighted by atomic mass is 16.5. The Bertz CT molecular complexity index is 823. The molecule has 0 aliphatic carbocycles. The number of rotatable bonds is 7. The van der Waals surface area contributed by atoms with Crippen LogP contribution in [-0.2, 0) is 14.3 Å². The predicted octanol–water partition coefficient (Wildman–Crippen LogP) is 3.33. The van der Waals surface area contributed by atoms with Crippen LogP contribution in [0.2, 0.25) is 0 Å². The molecular formula is C21H24N2O5. The fraction of sp³-hybridized carbons (Fsp3) is 0.333. The number of furan rings is 1. The van der Waals surface area contributed by atoms with Crippen molar-refractivity contribution in [3.05, 3.63) is 54.0 Å². The van der Waals surface area contributed by atoms with Crippen LogP contribution in [-0.4, -0.2) is 44.8 Å². The van der Waals surface area contributed by atoms with E-state index in [0.717, 1.165) is 12.1 Å². The van der Waals surface area contributed by atoms with Gasteiger partial charge in [0.05, 0.1) is 37.3 Å². The Kier molecular flexibility index (Phi) is 6.86. The second-order valence-corrected chi connectivity index (χ2v) is 6.31. The van der Waals surface area contributed by atoms with Crippen molar-refractivity contribution in [3.63, 3.8) is 0 Å². The van der Waals surface area contributed by atoms with Crippen molar-refractivity contribution >= 4 is 29.3 Å². The van der Waals surface area contributed by atoms with Crippen molar-refractivity contribution in [1.82, 2.24) is 0 Å². The smallest absolute Gasteiger partial charge is 0.340 e. The van der Waals surface area contributed by atoms with E-state index >= 15 is 0 Å². The van der Waals surface area contributed by atoms with Gasteiger partial charge in [0, 0.05) is 24.9 Å². The van der Waals surface area contributed by atoms with Gasteiger partial charge in [-0.3, -0.25) is 4.79 Å². The van der Waals surface area contributed by atoms with Crippen LogP contribution in [0.4, 0.5) is 11.4 Å². The highest BCUT2D eigenvalue weighted by Gasteiger charge is 2.20. The van der Waals surface area contributed by atoms with Gasteiger partial charge in [0.25, 0.3) is 0 Å². The number of ether oxygens (including phenoxy) is 2. The number of amides is 1. The number of benzene rings is 1. The van der Waals surface area contributed by atoms with Gasteiger partial charge in [-0.15, -0.1) is 0 Å². The summed E-state index contributed by atoms with van der Waals surface area (Å²) >= 11 is 0. The number of carbonyl (C=O) groups excluding carboxylic acids is 2. The molecule has 1 saturated heterocycles. The molecule has 148 valence electrons. The third kappa shape index (κ3) is 5.23. The number of nitrogens with one attached hydrogen (secondary N) is 1. The van der Waals surface area contributed by atoms with Crippen LogP contribution in [0, 0.1) is 0 Å². The maximum absolute atomic E-state index is 12.6. The molecule has 7 heteroatoms. The molecule has 1 N–H and O–H groups in total. The lowest BCUT2D eigenvalue weighted by atomic mass is 10.1. The highest BCUT2D eigenvalue weighted by molar-refractivity contribution is 6.03. The van der Waals surface area contributed by atoms with Gasteiger partial charge < -0.3 is 24.1 Å². The lowest BCUT2D eigenvalue weighted by Crippen LogP contribution is -2.37. The van der Waals surface area contributed by atoms with Gasteiger partial charge in [0.1, 0.15) is 5.76 Å². The predicted molar refractivity (Wildman–Crippen MR) is 106 cm³/mol. The minimum atomic E-state index is -0.398. The van der Waals surface area contributed by atoms with E-state index in [1.807, 2.05) is 13.0 Å². The Balaban J connectivity index is 1.77. The maximum atomic E-state index is 12.6. The minimum Gasteiger partial charge on any atom is -0.465 e. The summed E-state index contributed by atoms with van der Waals surface area (Å²) in [6.07, 6.45) is 5.24. The summed E-state index contributed by atoms with van der Waals surface area (Å²) in [5, 5.41) is 2.77. The van der Waals surface area contributed by atoms with E-state index in [1.54, 1.807) is 30.3 Å². The van der Waals surface area contributed by atoms with E-state index in [9.17, 15) is 9.59 Å². The van der Waals surface area contributed by atoms with Crippen LogP contribution < -0.4 is 10.2 Å². The number of hydrogen-bond donors (Lipinski definition) is 1. The summed E-state index contributed by atoms with van der Waals surface area (Å²) in [6.45, 7) is 4.92. The maximum Gasteiger partial charge on any atom is 0.340 e. The first-order chi connectivity index (χ1) is 13.7. The van der Waals surface area contributed by atoms with E-state index in [0.29, 0.717) is 49.9 Å². The van der Waals surface area contributed by atoms with E-state index in [1.165, 1.54) is 12.3 Å². The monoisotopic (exact) mass is 384 g/mol. The first-order valence-corrected chi connectivity index (χ1v) is 9.34. The SMILES string of the molecule is CCCOC(=O)c1cc(NC(=O)C=Cc2ccco2)ccc1N1CCOCC1. The van der Waals surface area contributed by atoms with Crippen LogP contribution in [0.3, 0.4) is 0 Å². The summed E-state index contributed by atoms with van der Waals surface area (Å²) in [4.78, 5) is 26.8. The van der Waals surface area contributed by atoms with Crippen LogP contribution in [0.5, 0.6) is 0 Å². The summed E-state index contributed by atoms with van der Waals surface area (Å²) in [5.41, 5.74) is 1.74. The topological polar surface area (TPSA) is 81.0 Å². The zero-order valence-corrected chi connectivity index (χ0v) is 15.8. The van der Waals surface area contributed by atoms with E-state index in [2.05, 4.69) is 10.2 Å². The van der Waals surface area contributed by atoms with Crippen LogP contribution in [0.25, 0.3) is 6.08 Å².